The largest absolute Gasteiger partial charge is 0.370 e. The van der Waals surface area contributed by atoms with Gasteiger partial charge in [0.15, 0.2) is 0 Å². The molecule has 100 valence electrons. The zero-order chi connectivity index (χ0) is 13.2. The number of nitrogens with one attached hydrogen (secondary N) is 1. The van der Waals surface area contributed by atoms with Crippen molar-refractivity contribution in [3.63, 3.8) is 0 Å². The number of likely N-dealkylation sites (N-methyl/N-ethyl adjacent to an activating group) is 1. The third kappa shape index (κ3) is 2.69. The van der Waals surface area contributed by atoms with Crippen LogP contribution in [0.1, 0.15) is 32.8 Å². The van der Waals surface area contributed by atoms with Crippen molar-refractivity contribution >= 4 is 5.69 Å². The molecule has 0 bridgehead atoms. The molecule has 0 radical (unpaired) electrons. The maximum absolute atomic E-state index is 3.47. The number of rotatable bonds is 3. The molecule has 0 aliphatic carbocycles. The number of nitrogens with zero attached hydrogens (tertiary/aromatic N) is 1. The first kappa shape index (κ1) is 13.4. The Morgan fingerprint density at radius 2 is 1.94 bits per heavy atom. The molecule has 0 saturated carbocycles. The Bertz CT molecular complexity index is 381. The lowest BCUT2D eigenvalue weighted by atomic mass is 9.78. The molecule has 2 rings (SSSR count). The van der Waals surface area contributed by atoms with Crippen LogP contribution in [0.3, 0.4) is 0 Å². The second kappa shape index (κ2) is 5.31. The van der Waals surface area contributed by atoms with Crippen LogP contribution in [0.25, 0.3) is 0 Å². The first-order chi connectivity index (χ1) is 8.56. The molecule has 1 saturated heterocycles. The smallest absolute Gasteiger partial charge is 0.0366 e. The maximum atomic E-state index is 3.47. The number of aryl methyl sites for hydroxylation is 1. The highest BCUT2D eigenvalue weighted by molar-refractivity contribution is 5.48. The number of hydrogen-bond donors (Lipinski definition) is 1. The highest BCUT2D eigenvalue weighted by Gasteiger charge is 2.34. The molecule has 1 heterocycles. The molecular weight excluding hydrogens is 220 g/mol. The predicted molar refractivity (Wildman–Crippen MR) is 79.3 cm³/mol. The van der Waals surface area contributed by atoms with E-state index in [2.05, 4.69) is 62.3 Å². The van der Waals surface area contributed by atoms with Gasteiger partial charge in [-0.1, -0.05) is 32.9 Å². The highest BCUT2D eigenvalue weighted by Crippen LogP contribution is 2.32. The average molecular weight is 246 g/mol. The van der Waals surface area contributed by atoms with Crippen LogP contribution in [0.15, 0.2) is 24.3 Å². The summed E-state index contributed by atoms with van der Waals surface area (Å²) in [5.41, 5.74) is 3.18. The Morgan fingerprint density at radius 1 is 1.28 bits per heavy atom. The lowest BCUT2D eigenvalue weighted by molar-refractivity contribution is 0.208. The molecule has 1 atom stereocenters. The van der Waals surface area contributed by atoms with Crippen LogP contribution in [0.2, 0.25) is 0 Å². The van der Waals surface area contributed by atoms with Gasteiger partial charge >= 0.3 is 0 Å². The summed E-state index contributed by atoms with van der Waals surface area (Å²) in [5.74, 6) is 0. The van der Waals surface area contributed by atoms with Crippen LogP contribution in [0, 0.1) is 5.41 Å². The lowest BCUT2D eigenvalue weighted by Crippen LogP contribution is -2.54. The third-order valence-corrected chi connectivity index (χ3v) is 4.43. The molecule has 0 aromatic heterocycles. The quantitative estimate of drug-likeness (QED) is 0.881. The molecule has 18 heavy (non-hydrogen) atoms. The minimum Gasteiger partial charge on any atom is -0.370 e. The van der Waals surface area contributed by atoms with Crippen LogP contribution in [0.5, 0.6) is 0 Å². The topological polar surface area (TPSA) is 15.3 Å². The summed E-state index contributed by atoms with van der Waals surface area (Å²) in [6.45, 7) is 9.21. The maximum Gasteiger partial charge on any atom is 0.0366 e. The molecule has 1 aliphatic rings. The molecule has 2 nitrogen and oxygen atoms in total. The second-order valence-corrected chi connectivity index (χ2v) is 6.05. The van der Waals surface area contributed by atoms with Crippen LogP contribution >= 0.6 is 0 Å². The Morgan fingerprint density at radius 3 is 2.50 bits per heavy atom. The van der Waals surface area contributed by atoms with Crippen molar-refractivity contribution < 1.29 is 0 Å². The molecule has 1 unspecified atom stereocenters. The summed E-state index contributed by atoms with van der Waals surface area (Å²) in [6, 6.07) is 9.61. The Labute approximate surface area is 111 Å². The van der Waals surface area contributed by atoms with Crippen LogP contribution in [-0.4, -0.2) is 26.2 Å². The minimum atomic E-state index is 0.397. The zero-order valence-corrected chi connectivity index (χ0v) is 12.2. The van der Waals surface area contributed by atoms with E-state index in [4.69, 9.17) is 0 Å². The van der Waals surface area contributed by atoms with E-state index in [1.807, 2.05) is 0 Å². The van der Waals surface area contributed by atoms with Crippen molar-refractivity contribution in [3.8, 4) is 0 Å². The molecular formula is C16H26N2. The highest BCUT2D eigenvalue weighted by atomic mass is 15.2. The van der Waals surface area contributed by atoms with Crippen molar-refractivity contribution in [2.45, 2.75) is 39.7 Å². The fraction of sp³-hybridized carbons (Fsp3) is 0.625. The summed E-state index contributed by atoms with van der Waals surface area (Å²) in [4.78, 5) is 2.51. The predicted octanol–water partition coefficient (Wildman–Crippen LogP) is 3.07. The first-order valence-corrected chi connectivity index (χ1v) is 7.08. The Kier molecular flexibility index (Phi) is 3.96. The molecule has 2 heteroatoms. The normalized spacial score (nSPS) is 23.1. The van der Waals surface area contributed by atoms with Gasteiger partial charge in [-0.3, -0.25) is 0 Å². The Balaban J connectivity index is 2.10. The van der Waals surface area contributed by atoms with Crippen molar-refractivity contribution in [1.82, 2.24) is 5.32 Å². The van der Waals surface area contributed by atoms with Crippen molar-refractivity contribution in [1.29, 1.82) is 0 Å². The van der Waals surface area contributed by atoms with E-state index >= 15 is 0 Å². The lowest BCUT2D eigenvalue weighted by Gasteiger charge is -2.44. The summed E-state index contributed by atoms with van der Waals surface area (Å²) in [6.07, 6.45) is 2.36. The Hall–Kier alpha value is -1.02. The van der Waals surface area contributed by atoms with Crippen LogP contribution in [0.4, 0.5) is 5.69 Å². The fourth-order valence-electron chi connectivity index (χ4n) is 2.82. The molecule has 1 aromatic rings. The molecule has 1 fully saturated rings. The summed E-state index contributed by atoms with van der Waals surface area (Å²) in [7, 11) is 2.08. The molecule has 1 N–H and O–H groups in total. The zero-order valence-electron chi connectivity index (χ0n) is 12.2. The van der Waals surface area contributed by atoms with Gasteiger partial charge in [0.05, 0.1) is 0 Å². The third-order valence-electron chi connectivity index (χ3n) is 4.43. The van der Waals surface area contributed by atoms with Gasteiger partial charge in [0.2, 0.25) is 0 Å². The summed E-state index contributed by atoms with van der Waals surface area (Å²) in [5, 5.41) is 3.47. The number of hydrogen-bond acceptors (Lipinski definition) is 2. The van der Waals surface area contributed by atoms with E-state index in [9.17, 15) is 0 Å². The minimum absolute atomic E-state index is 0.397. The summed E-state index contributed by atoms with van der Waals surface area (Å²) >= 11 is 0. The SMILES string of the molecule is CCc1ccc(N2CCC(C)(C)C(NC)C2)cc1. The van der Waals surface area contributed by atoms with Gasteiger partial charge in [0.25, 0.3) is 0 Å². The van der Waals surface area contributed by atoms with Gasteiger partial charge in [-0.25, -0.2) is 0 Å². The molecule has 1 aromatic carbocycles. The summed E-state index contributed by atoms with van der Waals surface area (Å²) < 4.78 is 0. The average Bonchev–Trinajstić information content (AvgIpc) is 2.39. The fourth-order valence-corrected chi connectivity index (χ4v) is 2.82. The second-order valence-electron chi connectivity index (χ2n) is 6.05. The van der Waals surface area contributed by atoms with E-state index in [-0.39, 0.29) is 0 Å². The van der Waals surface area contributed by atoms with Gasteiger partial charge < -0.3 is 10.2 Å². The van der Waals surface area contributed by atoms with E-state index in [1.165, 1.54) is 17.7 Å². The van der Waals surface area contributed by atoms with Gasteiger partial charge in [-0.05, 0) is 43.0 Å². The van der Waals surface area contributed by atoms with Gasteiger partial charge in [0.1, 0.15) is 0 Å². The van der Waals surface area contributed by atoms with Gasteiger partial charge in [-0.15, -0.1) is 0 Å². The van der Waals surface area contributed by atoms with Crippen molar-refractivity contribution in [2.75, 3.05) is 25.0 Å². The van der Waals surface area contributed by atoms with Crippen LogP contribution < -0.4 is 10.2 Å². The molecule has 0 spiro atoms. The van der Waals surface area contributed by atoms with Gasteiger partial charge in [-0.2, -0.15) is 0 Å². The first-order valence-electron chi connectivity index (χ1n) is 7.08. The number of benzene rings is 1. The molecule has 1 aliphatic heterocycles. The van der Waals surface area contributed by atoms with Crippen molar-refractivity contribution in [3.05, 3.63) is 29.8 Å². The number of anilines is 1. The van der Waals surface area contributed by atoms with Crippen LogP contribution in [-0.2, 0) is 6.42 Å². The van der Waals surface area contributed by atoms with Crippen molar-refractivity contribution in [2.24, 2.45) is 5.41 Å². The number of piperidine rings is 1. The monoisotopic (exact) mass is 246 g/mol. The van der Waals surface area contributed by atoms with E-state index < -0.39 is 0 Å². The van der Waals surface area contributed by atoms with E-state index in [1.54, 1.807) is 0 Å². The van der Waals surface area contributed by atoms with E-state index in [0.29, 0.717) is 11.5 Å². The standard InChI is InChI=1S/C16H26N2/c1-5-13-6-8-14(9-7-13)18-11-10-16(2,3)15(12-18)17-4/h6-9,15,17H,5,10-12H2,1-4H3. The molecule has 0 amide bonds. The van der Waals surface area contributed by atoms with Gasteiger partial charge in [0, 0.05) is 24.8 Å². The van der Waals surface area contributed by atoms with E-state index in [0.717, 1.165) is 19.5 Å².